The molecule has 0 aliphatic carbocycles. The summed E-state index contributed by atoms with van der Waals surface area (Å²) in [6.07, 6.45) is 5.64. The van der Waals surface area contributed by atoms with E-state index >= 15 is 0 Å². The topological polar surface area (TPSA) is 15.3 Å². The van der Waals surface area contributed by atoms with Crippen LogP contribution < -0.4 is 5.32 Å². The highest BCUT2D eigenvalue weighted by Crippen LogP contribution is 2.27. The maximum Gasteiger partial charge on any atom is 0.0348 e. The molecule has 1 N–H and O–H groups in total. The quantitative estimate of drug-likeness (QED) is 0.741. The Labute approximate surface area is 88.1 Å². The highest BCUT2D eigenvalue weighted by Gasteiger charge is 2.33. The van der Waals surface area contributed by atoms with Crippen LogP contribution in [0, 0.1) is 5.92 Å². The molecule has 2 fully saturated rings. The Hall–Kier alpha value is -0.0800. The first kappa shape index (κ1) is 10.4. The zero-order chi connectivity index (χ0) is 9.97. The number of hydrogen-bond acceptors (Lipinski definition) is 2. The van der Waals surface area contributed by atoms with Gasteiger partial charge in [-0.1, -0.05) is 26.7 Å². The van der Waals surface area contributed by atoms with Crippen molar-refractivity contribution < 1.29 is 0 Å². The summed E-state index contributed by atoms with van der Waals surface area (Å²) in [4.78, 5) is 2.79. The lowest BCUT2D eigenvalue weighted by molar-refractivity contribution is 0.0366. The molecule has 0 amide bonds. The van der Waals surface area contributed by atoms with Gasteiger partial charge in [0.05, 0.1) is 0 Å². The van der Waals surface area contributed by atoms with Crippen molar-refractivity contribution in [3.63, 3.8) is 0 Å². The molecule has 0 aromatic rings. The molecule has 0 aromatic heterocycles. The van der Waals surface area contributed by atoms with Gasteiger partial charge in [-0.05, 0) is 25.3 Å². The summed E-state index contributed by atoms with van der Waals surface area (Å²) in [5.74, 6) is 0.885. The molecular formula is C12H24N2. The summed E-state index contributed by atoms with van der Waals surface area (Å²) >= 11 is 0. The van der Waals surface area contributed by atoms with Crippen LogP contribution in [-0.2, 0) is 0 Å². The molecular weight excluding hydrogens is 172 g/mol. The van der Waals surface area contributed by atoms with Crippen molar-refractivity contribution in [3.05, 3.63) is 0 Å². The molecule has 0 radical (unpaired) electrons. The summed E-state index contributed by atoms with van der Waals surface area (Å²) < 4.78 is 0. The van der Waals surface area contributed by atoms with Crippen LogP contribution in [0.5, 0.6) is 0 Å². The first-order valence-corrected chi connectivity index (χ1v) is 6.29. The van der Waals surface area contributed by atoms with E-state index in [9.17, 15) is 0 Å². The SMILES string of the molecule is CCC(C)C1CCCCN1C1CNC1. The van der Waals surface area contributed by atoms with E-state index in [-0.39, 0.29) is 0 Å². The third-order valence-electron chi connectivity index (χ3n) is 4.12. The molecule has 2 heteroatoms. The first-order chi connectivity index (χ1) is 6.83. The largest absolute Gasteiger partial charge is 0.314 e. The van der Waals surface area contributed by atoms with Gasteiger partial charge in [-0.3, -0.25) is 4.90 Å². The lowest BCUT2D eigenvalue weighted by atomic mass is 9.88. The van der Waals surface area contributed by atoms with Crippen LogP contribution >= 0.6 is 0 Å². The predicted molar refractivity (Wildman–Crippen MR) is 60.5 cm³/mol. The van der Waals surface area contributed by atoms with E-state index in [0.29, 0.717) is 0 Å². The second-order valence-electron chi connectivity index (χ2n) is 5.00. The molecule has 82 valence electrons. The van der Waals surface area contributed by atoms with Crippen LogP contribution in [0.25, 0.3) is 0 Å². The molecule has 2 aliphatic rings. The van der Waals surface area contributed by atoms with E-state index in [0.717, 1.165) is 18.0 Å². The Balaban J connectivity index is 1.95. The summed E-state index contributed by atoms with van der Waals surface area (Å²) in [6.45, 7) is 8.56. The van der Waals surface area contributed by atoms with Gasteiger partial charge in [0.15, 0.2) is 0 Å². The fraction of sp³-hybridized carbons (Fsp3) is 1.00. The van der Waals surface area contributed by atoms with Gasteiger partial charge in [0, 0.05) is 25.2 Å². The standard InChI is InChI=1S/C12H24N2/c1-3-10(2)12-6-4-5-7-14(12)11-8-13-9-11/h10-13H,3-9H2,1-2H3. The third-order valence-corrected chi connectivity index (χ3v) is 4.12. The van der Waals surface area contributed by atoms with Gasteiger partial charge in [0.1, 0.15) is 0 Å². The van der Waals surface area contributed by atoms with E-state index in [2.05, 4.69) is 24.1 Å². The summed E-state index contributed by atoms with van der Waals surface area (Å²) in [6, 6.07) is 1.73. The van der Waals surface area contributed by atoms with Gasteiger partial charge in [-0.2, -0.15) is 0 Å². The molecule has 2 aliphatic heterocycles. The second-order valence-corrected chi connectivity index (χ2v) is 5.00. The number of nitrogens with zero attached hydrogens (tertiary/aromatic N) is 1. The Morgan fingerprint density at radius 3 is 2.71 bits per heavy atom. The van der Waals surface area contributed by atoms with Crippen molar-refractivity contribution in [1.82, 2.24) is 10.2 Å². The van der Waals surface area contributed by atoms with Crippen molar-refractivity contribution in [2.75, 3.05) is 19.6 Å². The summed E-state index contributed by atoms with van der Waals surface area (Å²) in [7, 11) is 0. The van der Waals surface area contributed by atoms with Crippen molar-refractivity contribution in [3.8, 4) is 0 Å². The molecule has 0 saturated carbocycles. The lowest BCUT2D eigenvalue weighted by Gasteiger charge is -2.47. The Kier molecular flexibility index (Phi) is 3.45. The van der Waals surface area contributed by atoms with Crippen LogP contribution in [-0.4, -0.2) is 36.6 Å². The van der Waals surface area contributed by atoms with Gasteiger partial charge in [0.2, 0.25) is 0 Å². The minimum absolute atomic E-state index is 0.856. The fourth-order valence-corrected chi connectivity index (χ4v) is 2.82. The Morgan fingerprint density at radius 1 is 1.36 bits per heavy atom. The predicted octanol–water partition coefficient (Wildman–Crippen LogP) is 1.86. The summed E-state index contributed by atoms with van der Waals surface area (Å²) in [5, 5.41) is 3.39. The maximum atomic E-state index is 3.39. The van der Waals surface area contributed by atoms with E-state index in [1.807, 2.05) is 0 Å². The zero-order valence-corrected chi connectivity index (χ0v) is 9.63. The molecule has 0 bridgehead atoms. The van der Waals surface area contributed by atoms with Crippen molar-refractivity contribution in [2.45, 2.75) is 51.6 Å². The van der Waals surface area contributed by atoms with Crippen LogP contribution in [0.1, 0.15) is 39.5 Å². The molecule has 2 atom stereocenters. The van der Waals surface area contributed by atoms with Gasteiger partial charge in [0.25, 0.3) is 0 Å². The normalized spacial score (nSPS) is 32.6. The second kappa shape index (κ2) is 4.63. The lowest BCUT2D eigenvalue weighted by Crippen LogP contribution is -2.62. The molecule has 0 aromatic carbocycles. The number of nitrogens with one attached hydrogen (secondary N) is 1. The third kappa shape index (κ3) is 1.96. The Morgan fingerprint density at radius 2 is 2.14 bits per heavy atom. The molecule has 2 nitrogen and oxygen atoms in total. The van der Waals surface area contributed by atoms with E-state index in [1.54, 1.807) is 0 Å². The fourth-order valence-electron chi connectivity index (χ4n) is 2.82. The van der Waals surface area contributed by atoms with Crippen molar-refractivity contribution in [2.24, 2.45) is 5.92 Å². The van der Waals surface area contributed by atoms with Crippen LogP contribution in [0.4, 0.5) is 0 Å². The van der Waals surface area contributed by atoms with Gasteiger partial charge >= 0.3 is 0 Å². The highest BCUT2D eigenvalue weighted by molar-refractivity contribution is 4.91. The van der Waals surface area contributed by atoms with E-state index in [1.165, 1.54) is 45.3 Å². The first-order valence-electron chi connectivity index (χ1n) is 6.29. The highest BCUT2D eigenvalue weighted by atomic mass is 15.3. The van der Waals surface area contributed by atoms with Crippen molar-refractivity contribution in [1.29, 1.82) is 0 Å². The number of hydrogen-bond donors (Lipinski definition) is 1. The molecule has 14 heavy (non-hydrogen) atoms. The van der Waals surface area contributed by atoms with Gasteiger partial charge < -0.3 is 5.32 Å². The average Bonchev–Trinajstić information content (AvgIpc) is 2.15. The minimum Gasteiger partial charge on any atom is -0.314 e. The van der Waals surface area contributed by atoms with Gasteiger partial charge in [-0.15, -0.1) is 0 Å². The van der Waals surface area contributed by atoms with Crippen LogP contribution in [0.2, 0.25) is 0 Å². The van der Waals surface area contributed by atoms with Crippen LogP contribution in [0.3, 0.4) is 0 Å². The molecule has 2 heterocycles. The van der Waals surface area contributed by atoms with Crippen LogP contribution in [0.15, 0.2) is 0 Å². The Bertz CT molecular complexity index is 164. The number of likely N-dealkylation sites (tertiary alicyclic amines) is 1. The van der Waals surface area contributed by atoms with Gasteiger partial charge in [-0.25, -0.2) is 0 Å². The average molecular weight is 196 g/mol. The molecule has 2 rings (SSSR count). The molecule has 0 spiro atoms. The molecule has 2 saturated heterocycles. The minimum atomic E-state index is 0.856. The monoisotopic (exact) mass is 196 g/mol. The van der Waals surface area contributed by atoms with Crippen molar-refractivity contribution >= 4 is 0 Å². The van der Waals surface area contributed by atoms with E-state index < -0.39 is 0 Å². The smallest absolute Gasteiger partial charge is 0.0348 e. The zero-order valence-electron chi connectivity index (χ0n) is 9.63. The maximum absolute atomic E-state index is 3.39. The number of rotatable bonds is 3. The summed E-state index contributed by atoms with van der Waals surface area (Å²) in [5.41, 5.74) is 0. The van der Waals surface area contributed by atoms with E-state index in [4.69, 9.17) is 0 Å². The molecule has 2 unspecified atom stereocenters. The number of piperidine rings is 1.